The smallest absolute Gasteiger partial charge is 0.258 e. The van der Waals surface area contributed by atoms with E-state index in [0.29, 0.717) is 18.7 Å². The Morgan fingerprint density at radius 2 is 1.61 bits per heavy atom. The number of sulfonamides is 1. The van der Waals surface area contributed by atoms with Crippen LogP contribution in [0.2, 0.25) is 0 Å². The number of ether oxygens (including phenoxy) is 1. The molecular formula is C24H26N2O4S. The van der Waals surface area contributed by atoms with Crippen LogP contribution in [0, 0.1) is 6.92 Å². The molecule has 0 bridgehead atoms. The van der Waals surface area contributed by atoms with Crippen LogP contribution in [0.5, 0.6) is 5.75 Å². The molecule has 1 amide bonds. The summed E-state index contributed by atoms with van der Waals surface area (Å²) in [5, 5.41) is 2.81. The molecule has 0 aromatic heterocycles. The molecule has 0 aliphatic carbocycles. The van der Waals surface area contributed by atoms with Crippen LogP contribution < -0.4 is 14.8 Å². The number of amides is 1. The second kappa shape index (κ2) is 10.7. The van der Waals surface area contributed by atoms with Gasteiger partial charge in [-0.05, 0) is 48.7 Å². The van der Waals surface area contributed by atoms with E-state index in [9.17, 15) is 13.2 Å². The maximum absolute atomic E-state index is 12.4. The van der Waals surface area contributed by atoms with Gasteiger partial charge in [0.1, 0.15) is 5.75 Å². The lowest BCUT2D eigenvalue weighted by atomic mass is 10.1. The van der Waals surface area contributed by atoms with E-state index in [1.54, 1.807) is 30.3 Å². The van der Waals surface area contributed by atoms with Gasteiger partial charge in [-0.2, -0.15) is 0 Å². The molecule has 0 aliphatic heterocycles. The van der Waals surface area contributed by atoms with Crippen LogP contribution in [0.1, 0.15) is 16.7 Å². The summed E-state index contributed by atoms with van der Waals surface area (Å²) in [7, 11) is -3.54. The Labute approximate surface area is 183 Å². The lowest BCUT2D eigenvalue weighted by Gasteiger charge is -2.10. The summed E-state index contributed by atoms with van der Waals surface area (Å²) in [5.74, 6) is 0.355. The highest BCUT2D eigenvalue weighted by molar-refractivity contribution is 7.89. The second-order valence-corrected chi connectivity index (χ2v) is 8.93. The zero-order valence-electron chi connectivity index (χ0n) is 17.4. The Bertz CT molecular complexity index is 1100. The Kier molecular flexibility index (Phi) is 7.81. The van der Waals surface area contributed by atoms with Gasteiger partial charge in [0.25, 0.3) is 5.91 Å². The van der Waals surface area contributed by atoms with Crippen molar-refractivity contribution in [2.75, 3.05) is 13.2 Å². The van der Waals surface area contributed by atoms with Crippen LogP contribution in [-0.2, 0) is 27.8 Å². The SMILES string of the molecule is Cc1ccc(S(=O)(=O)NCCc2cccc(OCC(=O)NCc3ccccc3)c2)cc1. The first kappa shape index (κ1) is 22.5. The predicted molar refractivity (Wildman–Crippen MR) is 120 cm³/mol. The molecule has 0 saturated heterocycles. The summed E-state index contributed by atoms with van der Waals surface area (Å²) in [6.07, 6.45) is 0.502. The van der Waals surface area contributed by atoms with Gasteiger partial charge in [0.2, 0.25) is 10.0 Å². The highest BCUT2D eigenvalue weighted by atomic mass is 32.2. The van der Waals surface area contributed by atoms with Gasteiger partial charge in [-0.25, -0.2) is 13.1 Å². The number of carbonyl (C=O) groups is 1. The van der Waals surface area contributed by atoms with E-state index in [1.165, 1.54) is 0 Å². The van der Waals surface area contributed by atoms with Crippen LogP contribution in [0.4, 0.5) is 0 Å². The van der Waals surface area contributed by atoms with Crippen LogP contribution in [-0.4, -0.2) is 27.5 Å². The normalized spacial score (nSPS) is 11.1. The lowest BCUT2D eigenvalue weighted by Crippen LogP contribution is -2.28. The zero-order valence-corrected chi connectivity index (χ0v) is 18.2. The molecule has 0 atom stereocenters. The van der Waals surface area contributed by atoms with E-state index >= 15 is 0 Å². The Morgan fingerprint density at radius 3 is 2.35 bits per heavy atom. The second-order valence-electron chi connectivity index (χ2n) is 7.16. The lowest BCUT2D eigenvalue weighted by molar-refractivity contribution is -0.123. The van der Waals surface area contributed by atoms with Gasteiger partial charge >= 0.3 is 0 Å². The summed E-state index contributed by atoms with van der Waals surface area (Å²) in [4.78, 5) is 12.2. The van der Waals surface area contributed by atoms with Gasteiger partial charge in [-0.1, -0.05) is 60.2 Å². The molecule has 3 aromatic carbocycles. The minimum Gasteiger partial charge on any atom is -0.484 e. The van der Waals surface area contributed by atoms with Crippen LogP contribution in [0.3, 0.4) is 0 Å². The van der Waals surface area contributed by atoms with Crippen molar-refractivity contribution in [2.24, 2.45) is 0 Å². The quantitative estimate of drug-likeness (QED) is 0.509. The van der Waals surface area contributed by atoms with Gasteiger partial charge in [0.05, 0.1) is 4.90 Å². The molecule has 0 fully saturated rings. The van der Waals surface area contributed by atoms with Crippen molar-refractivity contribution in [2.45, 2.75) is 24.8 Å². The summed E-state index contributed by atoms with van der Waals surface area (Å²) in [6, 6.07) is 23.7. The van der Waals surface area contributed by atoms with Gasteiger partial charge in [-0.15, -0.1) is 0 Å². The third-order valence-electron chi connectivity index (χ3n) is 4.64. The Balaban J connectivity index is 1.45. The van der Waals surface area contributed by atoms with Crippen molar-refractivity contribution in [1.29, 1.82) is 0 Å². The number of rotatable bonds is 10. The van der Waals surface area contributed by atoms with E-state index in [1.807, 2.05) is 55.5 Å². The van der Waals surface area contributed by atoms with Gasteiger partial charge in [0.15, 0.2) is 6.61 Å². The zero-order chi connectivity index (χ0) is 22.1. The third kappa shape index (κ3) is 7.24. The molecule has 0 heterocycles. The number of hydrogen-bond donors (Lipinski definition) is 2. The van der Waals surface area contributed by atoms with Gasteiger partial charge in [-0.3, -0.25) is 4.79 Å². The Morgan fingerprint density at radius 1 is 0.903 bits per heavy atom. The number of hydrogen-bond acceptors (Lipinski definition) is 4. The van der Waals surface area contributed by atoms with E-state index in [0.717, 1.165) is 16.7 Å². The van der Waals surface area contributed by atoms with Crippen molar-refractivity contribution < 1.29 is 17.9 Å². The average molecular weight is 439 g/mol. The minimum atomic E-state index is -3.54. The number of benzene rings is 3. The molecule has 31 heavy (non-hydrogen) atoms. The topological polar surface area (TPSA) is 84.5 Å². The molecule has 2 N–H and O–H groups in total. The molecule has 0 saturated carbocycles. The van der Waals surface area contributed by atoms with Crippen molar-refractivity contribution in [3.63, 3.8) is 0 Å². The summed E-state index contributed by atoms with van der Waals surface area (Å²) in [5.41, 5.74) is 2.93. The summed E-state index contributed by atoms with van der Waals surface area (Å²) in [6.45, 7) is 2.53. The van der Waals surface area contributed by atoms with Crippen LogP contribution in [0.25, 0.3) is 0 Å². The molecule has 162 valence electrons. The van der Waals surface area contributed by atoms with Crippen molar-refractivity contribution in [3.05, 3.63) is 95.6 Å². The highest BCUT2D eigenvalue weighted by Gasteiger charge is 2.13. The van der Waals surface area contributed by atoms with Crippen molar-refractivity contribution in [1.82, 2.24) is 10.0 Å². The fraction of sp³-hybridized carbons (Fsp3) is 0.208. The molecule has 0 unspecified atom stereocenters. The number of aryl methyl sites for hydroxylation is 1. The fourth-order valence-corrected chi connectivity index (χ4v) is 3.95. The highest BCUT2D eigenvalue weighted by Crippen LogP contribution is 2.14. The van der Waals surface area contributed by atoms with Gasteiger partial charge in [0, 0.05) is 13.1 Å². The minimum absolute atomic E-state index is 0.0870. The maximum Gasteiger partial charge on any atom is 0.258 e. The van der Waals surface area contributed by atoms with E-state index in [2.05, 4.69) is 10.0 Å². The van der Waals surface area contributed by atoms with E-state index in [-0.39, 0.29) is 24.0 Å². The fourth-order valence-electron chi connectivity index (χ4n) is 2.92. The van der Waals surface area contributed by atoms with E-state index in [4.69, 9.17) is 4.74 Å². The largest absolute Gasteiger partial charge is 0.484 e. The molecule has 3 aromatic rings. The first-order valence-electron chi connectivity index (χ1n) is 10.0. The van der Waals surface area contributed by atoms with Crippen LogP contribution in [0.15, 0.2) is 83.8 Å². The molecule has 0 aliphatic rings. The average Bonchev–Trinajstić information content (AvgIpc) is 2.77. The summed E-state index contributed by atoms with van der Waals surface area (Å²) < 4.78 is 32.9. The maximum atomic E-state index is 12.4. The first-order valence-corrected chi connectivity index (χ1v) is 11.5. The Hall–Kier alpha value is -3.16. The third-order valence-corrected chi connectivity index (χ3v) is 6.11. The van der Waals surface area contributed by atoms with Gasteiger partial charge < -0.3 is 10.1 Å². The molecule has 7 heteroatoms. The van der Waals surface area contributed by atoms with Crippen molar-refractivity contribution >= 4 is 15.9 Å². The first-order chi connectivity index (χ1) is 14.9. The molecule has 6 nitrogen and oxygen atoms in total. The molecule has 0 spiro atoms. The standard InChI is InChI=1S/C24H26N2O4S/c1-19-10-12-23(13-11-19)31(28,29)26-15-14-20-8-5-9-22(16-20)30-18-24(27)25-17-21-6-3-2-4-7-21/h2-13,16,26H,14-15,17-18H2,1H3,(H,25,27). The van der Waals surface area contributed by atoms with Crippen molar-refractivity contribution in [3.8, 4) is 5.75 Å². The van der Waals surface area contributed by atoms with E-state index < -0.39 is 10.0 Å². The van der Waals surface area contributed by atoms with Crippen LogP contribution >= 0.6 is 0 Å². The molecule has 0 radical (unpaired) electrons. The number of carbonyl (C=O) groups excluding carboxylic acids is 1. The predicted octanol–water partition coefficient (Wildman–Crippen LogP) is 3.21. The monoisotopic (exact) mass is 438 g/mol. The number of nitrogens with one attached hydrogen (secondary N) is 2. The summed E-state index contributed by atoms with van der Waals surface area (Å²) >= 11 is 0. The molecular weight excluding hydrogens is 412 g/mol. The molecule has 3 rings (SSSR count).